The molecule has 0 aliphatic heterocycles. The number of hydrogen-bond donors (Lipinski definition) is 3. The molecule has 0 atom stereocenters. The Labute approximate surface area is 128 Å². The van der Waals surface area contributed by atoms with Crippen molar-refractivity contribution in [3.63, 3.8) is 0 Å². The number of hydrogen-bond acceptors (Lipinski definition) is 4. The first-order chi connectivity index (χ1) is 10.6. The van der Waals surface area contributed by atoms with E-state index in [0.717, 1.165) is 0 Å². The summed E-state index contributed by atoms with van der Waals surface area (Å²) in [5.41, 5.74) is 0.940. The molecule has 0 aliphatic rings. The molecule has 7 heteroatoms. The van der Waals surface area contributed by atoms with E-state index in [2.05, 4.69) is 20.8 Å². The summed E-state index contributed by atoms with van der Waals surface area (Å²) in [5, 5.41) is 11.5. The molecule has 0 aliphatic carbocycles. The lowest BCUT2D eigenvalue weighted by atomic mass is 10.2. The van der Waals surface area contributed by atoms with Crippen molar-refractivity contribution < 1.29 is 14.3 Å². The van der Waals surface area contributed by atoms with E-state index in [9.17, 15) is 9.59 Å². The van der Waals surface area contributed by atoms with Gasteiger partial charge in [-0.1, -0.05) is 12.1 Å². The van der Waals surface area contributed by atoms with Crippen LogP contribution in [0.25, 0.3) is 0 Å². The van der Waals surface area contributed by atoms with Crippen LogP contribution in [-0.2, 0) is 4.79 Å². The number of nitrogens with zero attached hydrogens (tertiary/aromatic N) is 1. The SMILES string of the molecule is CC(C)Oc1ccccc1C(=O)NCC(=O)Nc1cn[nH]c1. The Balaban J connectivity index is 1.93. The molecule has 0 saturated carbocycles. The highest BCUT2D eigenvalue weighted by molar-refractivity contribution is 6.00. The predicted octanol–water partition coefficient (Wildman–Crippen LogP) is 1.57. The average Bonchev–Trinajstić information content (AvgIpc) is 2.97. The van der Waals surface area contributed by atoms with Gasteiger partial charge in [0.2, 0.25) is 5.91 Å². The highest BCUT2D eigenvalue weighted by atomic mass is 16.5. The van der Waals surface area contributed by atoms with Crippen LogP contribution in [-0.4, -0.2) is 34.7 Å². The zero-order valence-electron chi connectivity index (χ0n) is 12.4. The number of ether oxygens (including phenoxy) is 1. The van der Waals surface area contributed by atoms with E-state index in [4.69, 9.17) is 4.74 Å². The molecule has 0 saturated heterocycles. The molecule has 2 rings (SSSR count). The third kappa shape index (κ3) is 4.34. The van der Waals surface area contributed by atoms with E-state index >= 15 is 0 Å². The van der Waals surface area contributed by atoms with Crippen LogP contribution in [0.15, 0.2) is 36.7 Å². The highest BCUT2D eigenvalue weighted by Gasteiger charge is 2.14. The van der Waals surface area contributed by atoms with Crippen molar-refractivity contribution in [1.29, 1.82) is 0 Å². The Hall–Kier alpha value is -2.83. The van der Waals surface area contributed by atoms with Gasteiger partial charge in [0.25, 0.3) is 5.91 Å². The molecule has 0 fully saturated rings. The molecular weight excluding hydrogens is 284 g/mol. The first-order valence-corrected chi connectivity index (χ1v) is 6.89. The molecule has 1 aromatic heterocycles. The number of aromatic nitrogens is 2. The molecule has 0 spiro atoms. The number of benzene rings is 1. The Morgan fingerprint density at radius 1 is 1.32 bits per heavy atom. The number of carbonyl (C=O) groups excluding carboxylic acids is 2. The molecule has 7 nitrogen and oxygen atoms in total. The van der Waals surface area contributed by atoms with Crippen LogP contribution in [0.3, 0.4) is 0 Å². The quantitative estimate of drug-likeness (QED) is 0.754. The fourth-order valence-electron chi connectivity index (χ4n) is 1.79. The number of H-pyrrole nitrogens is 1. The third-order valence-corrected chi connectivity index (χ3v) is 2.69. The number of amides is 2. The second-order valence-corrected chi connectivity index (χ2v) is 4.88. The van der Waals surface area contributed by atoms with Crippen molar-refractivity contribution in [3.05, 3.63) is 42.2 Å². The summed E-state index contributed by atoms with van der Waals surface area (Å²) in [7, 11) is 0. The van der Waals surface area contributed by atoms with Crippen LogP contribution in [0, 0.1) is 0 Å². The smallest absolute Gasteiger partial charge is 0.255 e. The monoisotopic (exact) mass is 302 g/mol. The fourth-order valence-corrected chi connectivity index (χ4v) is 1.79. The lowest BCUT2D eigenvalue weighted by molar-refractivity contribution is -0.115. The molecule has 0 unspecified atom stereocenters. The van der Waals surface area contributed by atoms with Crippen molar-refractivity contribution in [2.24, 2.45) is 0 Å². The summed E-state index contributed by atoms with van der Waals surface area (Å²) in [6.07, 6.45) is 2.98. The number of anilines is 1. The molecular formula is C15H18N4O3. The van der Waals surface area contributed by atoms with Gasteiger partial charge in [0.1, 0.15) is 5.75 Å². The first-order valence-electron chi connectivity index (χ1n) is 6.89. The van der Waals surface area contributed by atoms with Gasteiger partial charge in [0, 0.05) is 6.20 Å². The Morgan fingerprint density at radius 2 is 2.09 bits per heavy atom. The zero-order chi connectivity index (χ0) is 15.9. The Morgan fingerprint density at radius 3 is 2.77 bits per heavy atom. The first kappa shape index (κ1) is 15.6. The van der Waals surface area contributed by atoms with Gasteiger partial charge in [-0.15, -0.1) is 0 Å². The lowest BCUT2D eigenvalue weighted by Gasteiger charge is -2.13. The summed E-state index contributed by atoms with van der Waals surface area (Å²) in [6, 6.07) is 6.91. The van der Waals surface area contributed by atoms with E-state index in [1.807, 2.05) is 13.8 Å². The molecule has 0 radical (unpaired) electrons. The van der Waals surface area contributed by atoms with E-state index in [1.54, 1.807) is 30.5 Å². The van der Waals surface area contributed by atoms with E-state index < -0.39 is 0 Å². The van der Waals surface area contributed by atoms with Gasteiger partial charge in [-0.25, -0.2) is 0 Å². The van der Waals surface area contributed by atoms with Crippen LogP contribution in [0.2, 0.25) is 0 Å². The maximum Gasteiger partial charge on any atom is 0.255 e. The summed E-state index contributed by atoms with van der Waals surface area (Å²) in [4.78, 5) is 23.9. The van der Waals surface area contributed by atoms with Crippen LogP contribution >= 0.6 is 0 Å². The van der Waals surface area contributed by atoms with Crippen LogP contribution < -0.4 is 15.4 Å². The lowest BCUT2D eigenvalue weighted by Crippen LogP contribution is -2.33. The van der Waals surface area contributed by atoms with Gasteiger partial charge in [0.05, 0.1) is 30.1 Å². The summed E-state index contributed by atoms with van der Waals surface area (Å²) < 4.78 is 5.58. The second-order valence-electron chi connectivity index (χ2n) is 4.88. The molecule has 0 bridgehead atoms. The maximum absolute atomic E-state index is 12.2. The predicted molar refractivity (Wildman–Crippen MR) is 81.8 cm³/mol. The van der Waals surface area contributed by atoms with Gasteiger partial charge < -0.3 is 15.4 Å². The maximum atomic E-state index is 12.2. The molecule has 116 valence electrons. The molecule has 1 heterocycles. The third-order valence-electron chi connectivity index (χ3n) is 2.69. The van der Waals surface area contributed by atoms with Crippen LogP contribution in [0.4, 0.5) is 5.69 Å². The number of rotatable bonds is 6. The molecule has 1 aromatic carbocycles. The highest BCUT2D eigenvalue weighted by Crippen LogP contribution is 2.19. The minimum Gasteiger partial charge on any atom is -0.490 e. The molecule has 2 amide bonds. The Kier molecular flexibility index (Phi) is 5.13. The topological polar surface area (TPSA) is 96.1 Å². The van der Waals surface area contributed by atoms with Gasteiger partial charge in [0.15, 0.2) is 0 Å². The minimum atomic E-state index is -0.362. The number of para-hydroxylation sites is 1. The number of carbonyl (C=O) groups is 2. The van der Waals surface area contributed by atoms with Crippen LogP contribution in [0.1, 0.15) is 24.2 Å². The number of nitrogens with one attached hydrogen (secondary N) is 3. The Bertz CT molecular complexity index is 638. The standard InChI is InChI=1S/C15H18N4O3/c1-10(2)22-13-6-4-3-5-12(13)15(21)16-9-14(20)19-11-7-17-18-8-11/h3-8,10H,9H2,1-2H3,(H,16,21)(H,17,18)(H,19,20). The van der Waals surface area contributed by atoms with E-state index in [-0.39, 0.29) is 24.5 Å². The fraction of sp³-hybridized carbons (Fsp3) is 0.267. The zero-order valence-corrected chi connectivity index (χ0v) is 12.4. The molecule has 22 heavy (non-hydrogen) atoms. The second kappa shape index (κ2) is 7.26. The van der Waals surface area contributed by atoms with Crippen molar-refractivity contribution in [2.45, 2.75) is 20.0 Å². The summed E-state index contributed by atoms with van der Waals surface area (Å²) >= 11 is 0. The summed E-state index contributed by atoms with van der Waals surface area (Å²) in [5.74, 6) is -0.208. The molecule has 3 N–H and O–H groups in total. The van der Waals surface area contributed by atoms with Crippen molar-refractivity contribution in [3.8, 4) is 5.75 Å². The summed E-state index contributed by atoms with van der Waals surface area (Å²) in [6.45, 7) is 3.63. The van der Waals surface area contributed by atoms with Crippen molar-refractivity contribution in [2.75, 3.05) is 11.9 Å². The minimum absolute atomic E-state index is 0.0432. The van der Waals surface area contributed by atoms with Crippen molar-refractivity contribution in [1.82, 2.24) is 15.5 Å². The largest absolute Gasteiger partial charge is 0.490 e. The van der Waals surface area contributed by atoms with Gasteiger partial charge in [-0.05, 0) is 26.0 Å². The van der Waals surface area contributed by atoms with Crippen molar-refractivity contribution >= 4 is 17.5 Å². The van der Waals surface area contributed by atoms with Gasteiger partial charge in [-0.2, -0.15) is 5.10 Å². The van der Waals surface area contributed by atoms with E-state index in [0.29, 0.717) is 17.0 Å². The van der Waals surface area contributed by atoms with Gasteiger partial charge >= 0.3 is 0 Å². The molecule has 2 aromatic rings. The number of aromatic amines is 1. The normalized spacial score (nSPS) is 10.3. The van der Waals surface area contributed by atoms with Gasteiger partial charge in [-0.3, -0.25) is 14.7 Å². The average molecular weight is 302 g/mol. The van der Waals surface area contributed by atoms with E-state index in [1.165, 1.54) is 6.20 Å². The van der Waals surface area contributed by atoms with Crippen LogP contribution in [0.5, 0.6) is 5.75 Å².